The fraction of sp³-hybridized carbons (Fsp3) is 0.409. The second kappa shape index (κ2) is 9.38. The fourth-order valence-corrected chi connectivity index (χ4v) is 3.98. The van der Waals surface area contributed by atoms with Gasteiger partial charge in [0, 0.05) is 12.6 Å². The zero-order chi connectivity index (χ0) is 21.7. The largest absolute Gasteiger partial charge is 0.573 e. The SMILES string of the molecule is COc1cccc(OC)c1C1CCCC(C=O)N1Cc1ccc(OC(F)(F)F)cc1. The molecule has 1 aliphatic heterocycles. The van der Waals surface area contributed by atoms with Crippen LogP contribution in [-0.2, 0) is 11.3 Å². The van der Waals surface area contributed by atoms with E-state index in [4.69, 9.17) is 9.47 Å². The highest BCUT2D eigenvalue weighted by molar-refractivity contribution is 5.59. The van der Waals surface area contributed by atoms with E-state index in [0.29, 0.717) is 24.5 Å². The summed E-state index contributed by atoms with van der Waals surface area (Å²) < 4.78 is 52.2. The number of likely N-dealkylation sites (tertiary alicyclic amines) is 1. The number of carbonyl (C=O) groups is 1. The molecule has 2 aromatic carbocycles. The van der Waals surface area contributed by atoms with E-state index >= 15 is 0 Å². The smallest absolute Gasteiger partial charge is 0.496 e. The normalized spacial score (nSPS) is 19.9. The Labute approximate surface area is 173 Å². The monoisotopic (exact) mass is 423 g/mol. The van der Waals surface area contributed by atoms with E-state index in [-0.39, 0.29) is 17.8 Å². The first-order valence-electron chi connectivity index (χ1n) is 9.63. The van der Waals surface area contributed by atoms with Crippen LogP contribution in [0.1, 0.15) is 36.4 Å². The van der Waals surface area contributed by atoms with Crippen molar-refractivity contribution in [2.75, 3.05) is 14.2 Å². The minimum absolute atomic E-state index is 0.133. The van der Waals surface area contributed by atoms with Crippen LogP contribution in [-0.4, -0.2) is 37.8 Å². The van der Waals surface area contributed by atoms with Gasteiger partial charge in [0.25, 0.3) is 0 Å². The van der Waals surface area contributed by atoms with Gasteiger partial charge in [-0.1, -0.05) is 18.2 Å². The van der Waals surface area contributed by atoms with E-state index in [2.05, 4.69) is 9.64 Å². The van der Waals surface area contributed by atoms with Gasteiger partial charge in [-0.15, -0.1) is 13.2 Å². The molecule has 0 aromatic heterocycles. The molecule has 2 unspecified atom stereocenters. The summed E-state index contributed by atoms with van der Waals surface area (Å²) in [5, 5.41) is 0. The summed E-state index contributed by atoms with van der Waals surface area (Å²) in [4.78, 5) is 13.9. The van der Waals surface area contributed by atoms with Crippen molar-refractivity contribution < 1.29 is 32.2 Å². The van der Waals surface area contributed by atoms with Crippen molar-refractivity contribution in [1.82, 2.24) is 4.90 Å². The van der Waals surface area contributed by atoms with Gasteiger partial charge in [0.2, 0.25) is 0 Å². The van der Waals surface area contributed by atoms with Gasteiger partial charge < -0.3 is 19.0 Å². The topological polar surface area (TPSA) is 48.0 Å². The summed E-state index contributed by atoms with van der Waals surface area (Å²) in [5.41, 5.74) is 1.64. The molecule has 1 aliphatic rings. The van der Waals surface area contributed by atoms with E-state index in [0.717, 1.165) is 30.3 Å². The van der Waals surface area contributed by atoms with Crippen LogP contribution in [0.15, 0.2) is 42.5 Å². The van der Waals surface area contributed by atoms with Gasteiger partial charge in [0.15, 0.2) is 0 Å². The van der Waals surface area contributed by atoms with Crippen molar-refractivity contribution >= 4 is 6.29 Å². The Bertz CT molecular complexity index is 832. The predicted molar refractivity (Wildman–Crippen MR) is 105 cm³/mol. The van der Waals surface area contributed by atoms with Crippen molar-refractivity contribution in [3.8, 4) is 17.2 Å². The molecule has 2 atom stereocenters. The number of ether oxygens (including phenoxy) is 3. The summed E-state index contributed by atoms with van der Waals surface area (Å²) in [6.07, 6.45) is -1.43. The zero-order valence-corrected chi connectivity index (χ0v) is 16.8. The third-order valence-corrected chi connectivity index (χ3v) is 5.28. The van der Waals surface area contributed by atoms with Crippen LogP contribution in [0.4, 0.5) is 13.2 Å². The van der Waals surface area contributed by atoms with Crippen LogP contribution >= 0.6 is 0 Å². The number of hydrogen-bond donors (Lipinski definition) is 0. The van der Waals surface area contributed by atoms with Crippen LogP contribution in [0.2, 0.25) is 0 Å². The fourth-order valence-electron chi connectivity index (χ4n) is 3.98. The third kappa shape index (κ3) is 5.05. The molecule has 1 fully saturated rings. The zero-order valence-electron chi connectivity index (χ0n) is 16.8. The Morgan fingerprint density at radius 1 is 1.03 bits per heavy atom. The summed E-state index contributed by atoms with van der Waals surface area (Å²) in [6, 6.07) is 10.8. The standard InChI is InChI=1S/C22H24F3NO4/c1-28-19-7-4-8-20(29-2)21(19)18-6-3-5-16(14-27)26(18)13-15-9-11-17(12-10-15)30-22(23,24)25/h4,7-12,14,16,18H,3,5-6,13H2,1-2H3. The molecule has 5 nitrogen and oxygen atoms in total. The molecule has 30 heavy (non-hydrogen) atoms. The number of rotatable bonds is 7. The molecule has 0 aliphatic carbocycles. The number of aldehydes is 1. The number of carbonyl (C=O) groups excluding carboxylic acids is 1. The number of methoxy groups -OCH3 is 2. The summed E-state index contributed by atoms with van der Waals surface area (Å²) in [6.45, 7) is 0.390. The number of benzene rings is 2. The summed E-state index contributed by atoms with van der Waals surface area (Å²) in [5.74, 6) is 1.06. The van der Waals surface area contributed by atoms with E-state index < -0.39 is 6.36 Å². The van der Waals surface area contributed by atoms with E-state index in [9.17, 15) is 18.0 Å². The van der Waals surface area contributed by atoms with Gasteiger partial charge in [-0.25, -0.2) is 0 Å². The van der Waals surface area contributed by atoms with E-state index in [1.807, 2.05) is 18.2 Å². The first-order valence-corrected chi connectivity index (χ1v) is 9.63. The van der Waals surface area contributed by atoms with Gasteiger partial charge in [0.05, 0.1) is 25.8 Å². The second-order valence-electron chi connectivity index (χ2n) is 7.09. The maximum absolute atomic E-state index is 12.4. The average Bonchev–Trinajstić information content (AvgIpc) is 2.73. The van der Waals surface area contributed by atoms with Gasteiger partial charge in [-0.2, -0.15) is 0 Å². The van der Waals surface area contributed by atoms with Crippen LogP contribution in [0.3, 0.4) is 0 Å². The minimum atomic E-state index is -4.73. The molecule has 0 radical (unpaired) electrons. The highest BCUT2D eigenvalue weighted by Gasteiger charge is 2.35. The molecule has 8 heteroatoms. The number of alkyl halides is 3. The molecule has 3 rings (SSSR count). The molecule has 0 bridgehead atoms. The molecule has 1 saturated heterocycles. The van der Waals surface area contributed by atoms with Crippen LogP contribution < -0.4 is 14.2 Å². The highest BCUT2D eigenvalue weighted by Crippen LogP contribution is 2.43. The van der Waals surface area contributed by atoms with Gasteiger partial charge in [-0.3, -0.25) is 4.90 Å². The Kier molecular flexibility index (Phi) is 6.87. The first-order chi connectivity index (χ1) is 14.4. The Morgan fingerprint density at radius 3 is 2.20 bits per heavy atom. The molecular formula is C22H24F3NO4. The van der Waals surface area contributed by atoms with Crippen molar-refractivity contribution in [3.63, 3.8) is 0 Å². The quantitative estimate of drug-likeness (QED) is 0.593. The Balaban J connectivity index is 1.91. The van der Waals surface area contributed by atoms with Gasteiger partial charge >= 0.3 is 6.36 Å². The summed E-state index contributed by atoms with van der Waals surface area (Å²) in [7, 11) is 3.17. The molecule has 2 aromatic rings. The third-order valence-electron chi connectivity index (χ3n) is 5.28. The lowest BCUT2D eigenvalue weighted by Crippen LogP contribution is -2.42. The Hall–Kier alpha value is -2.74. The maximum Gasteiger partial charge on any atom is 0.573 e. The van der Waals surface area contributed by atoms with Crippen LogP contribution in [0, 0.1) is 0 Å². The molecule has 0 amide bonds. The maximum atomic E-state index is 12.4. The molecule has 0 saturated carbocycles. The lowest BCUT2D eigenvalue weighted by molar-refractivity contribution is -0.274. The molecule has 0 spiro atoms. The van der Waals surface area contributed by atoms with Crippen molar-refractivity contribution in [1.29, 1.82) is 0 Å². The predicted octanol–water partition coefficient (Wildman–Crippen LogP) is 4.90. The number of piperidine rings is 1. The van der Waals surface area contributed by atoms with Crippen LogP contribution in [0.5, 0.6) is 17.2 Å². The molecule has 1 heterocycles. The van der Waals surface area contributed by atoms with Crippen molar-refractivity contribution in [2.24, 2.45) is 0 Å². The Morgan fingerprint density at radius 2 is 1.67 bits per heavy atom. The van der Waals surface area contributed by atoms with Gasteiger partial charge in [-0.05, 0) is 49.1 Å². The van der Waals surface area contributed by atoms with Crippen LogP contribution in [0.25, 0.3) is 0 Å². The van der Waals surface area contributed by atoms with E-state index in [1.165, 1.54) is 12.1 Å². The molecular weight excluding hydrogens is 399 g/mol. The highest BCUT2D eigenvalue weighted by atomic mass is 19.4. The van der Waals surface area contributed by atoms with E-state index in [1.54, 1.807) is 26.4 Å². The lowest BCUT2D eigenvalue weighted by Gasteiger charge is -2.41. The van der Waals surface area contributed by atoms with Crippen molar-refractivity contribution in [2.45, 2.75) is 44.3 Å². The minimum Gasteiger partial charge on any atom is -0.496 e. The first kappa shape index (κ1) is 22.0. The second-order valence-corrected chi connectivity index (χ2v) is 7.09. The molecule has 0 N–H and O–H groups in total. The number of nitrogens with zero attached hydrogens (tertiary/aromatic N) is 1. The number of halogens is 3. The van der Waals surface area contributed by atoms with Gasteiger partial charge in [0.1, 0.15) is 23.5 Å². The average molecular weight is 423 g/mol. The number of hydrogen-bond acceptors (Lipinski definition) is 5. The van der Waals surface area contributed by atoms with Crippen molar-refractivity contribution in [3.05, 3.63) is 53.6 Å². The summed E-state index contributed by atoms with van der Waals surface area (Å²) >= 11 is 0. The lowest BCUT2D eigenvalue weighted by atomic mass is 9.89. The molecule has 162 valence electrons.